The van der Waals surface area contributed by atoms with Crippen LogP contribution in [-0.2, 0) is 13.0 Å². The van der Waals surface area contributed by atoms with Crippen LogP contribution in [0.15, 0.2) is 54.6 Å². The fourth-order valence-corrected chi connectivity index (χ4v) is 3.15. The third-order valence-corrected chi connectivity index (χ3v) is 4.55. The van der Waals surface area contributed by atoms with Crippen molar-refractivity contribution in [3.8, 4) is 5.75 Å². The molecule has 0 aromatic heterocycles. The Kier molecular flexibility index (Phi) is 6.32. The summed E-state index contributed by atoms with van der Waals surface area (Å²) in [4.78, 5) is 12.0. The highest BCUT2D eigenvalue weighted by molar-refractivity contribution is 5.73. The van der Waals surface area contributed by atoms with Crippen molar-refractivity contribution in [1.29, 1.82) is 0 Å². The summed E-state index contributed by atoms with van der Waals surface area (Å²) >= 11 is 0. The fraction of sp³-hybridized carbons (Fsp3) is 0.381. The number of ether oxygens (including phenoxy) is 1. The van der Waals surface area contributed by atoms with E-state index in [9.17, 15) is 4.79 Å². The summed E-state index contributed by atoms with van der Waals surface area (Å²) in [7, 11) is 0. The van der Waals surface area contributed by atoms with Gasteiger partial charge in [-0.25, -0.2) is 4.79 Å². The molecule has 0 bridgehead atoms. The first kappa shape index (κ1) is 17.3. The Morgan fingerprint density at radius 1 is 0.960 bits per heavy atom. The van der Waals surface area contributed by atoms with Gasteiger partial charge in [-0.15, -0.1) is 0 Å². The maximum absolute atomic E-state index is 12.0. The van der Waals surface area contributed by atoms with Crippen molar-refractivity contribution in [2.45, 2.75) is 44.8 Å². The van der Waals surface area contributed by atoms with Gasteiger partial charge in [0.05, 0.1) is 6.10 Å². The van der Waals surface area contributed by atoms with Crippen molar-refractivity contribution >= 4 is 6.03 Å². The second kappa shape index (κ2) is 9.11. The third-order valence-electron chi connectivity index (χ3n) is 4.55. The van der Waals surface area contributed by atoms with Crippen LogP contribution in [0.5, 0.6) is 5.75 Å². The van der Waals surface area contributed by atoms with E-state index in [2.05, 4.69) is 22.8 Å². The van der Waals surface area contributed by atoms with Crippen molar-refractivity contribution in [1.82, 2.24) is 10.6 Å². The largest absolute Gasteiger partial charge is 0.490 e. The summed E-state index contributed by atoms with van der Waals surface area (Å²) in [6, 6.07) is 18.0. The molecular formula is C21H26N2O2. The summed E-state index contributed by atoms with van der Waals surface area (Å²) in [5.74, 6) is 0.888. The SMILES string of the molecule is O=C(NCCc1ccccc1)NCc1ccccc1OC1CCCC1. The molecule has 1 saturated carbocycles. The van der Waals surface area contributed by atoms with Crippen LogP contribution in [0.3, 0.4) is 0 Å². The van der Waals surface area contributed by atoms with E-state index in [1.165, 1.54) is 18.4 Å². The van der Waals surface area contributed by atoms with Crippen molar-refractivity contribution < 1.29 is 9.53 Å². The first-order valence-electron chi connectivity index (χ1n) is 9.11. The van der Waals surface area contributed by atoms with Crippen molar-refractivity contribution in [3.63, 3.8) is 0 Å². The highest BCUT2D eigenvalue weighted by atomic mass is 16.5. The Balaban J connectivity index is 1.43. The molecule has 0 unspecified atom stereocenters. The average molecular weight is 338 g/mol. The molecule has 25 heavy (non-hydrogen) atoms. The lowest BCUT2D eigenvalue weighted by Gasteiger charge is -2.17. The quantitative estimate of drug-likeness (QED) is 0.800. The predicted octanol–water partition coefficient (Wildman–Crippen LogP) is 4.05. The number of carbonyl (C=O) groups excluding carboxylic acids is 1. The molecule has 2 amide bonds. The van der Waals surface area contributed by atoms with Crippen molar-refractivity contribution in [3.05, 3.63) is 65.7 Å². The summed E-state index contributed by atoms with van der Waals surface area (Å²) in [6.07, 6.45) is 5.89. The Labute approximate surface area is 149 Å². The minimum absolute atomic E-state index is 0.147. The molecule has 0 radical (unpaired) electrons. The normalized spacial score (nSPS) is 14.2. The lowest BCUT2D eigenvalue weighted by molar-refractivity contribution is 0.207. The van der Waals surface area contributed by atoms with Crippen LogP contribution in [0.25, 0.3) is 0 Å². The molecule has 0 atom stereocenters. The molecule has 0 saturated heterocycles. The van der Waals surface area contributed by atoms with E-state index in [0.29, 0.717) is 19.2 Å². The molecule has 4 nitrogen and oxygen atoms in total. The van der Waals surface area contributed by atoms with Gasteiger partial charge >= 0.3 is 6.03 Å². The maximum atomic E-state index is 12.0. The van der Waals surface area contributed by atoms with Gasteiger partial charge in [-0.1, -0.05) is 48.5 Å². The number of nitrogens with one attached hydrogen (secondary N) is 2. The highest BCUT2D eigenvalue weighted by Crippen LogP contribution is 2.26. The zero-order valence-electron chi connectivity index (χ0n) is 14.5. The molecule has 4 heteroatoms. The van der Waals surface area contributed by atoms with Gasteiger partial charge in [0.15, 0.2) is 0 Å². The molecule has 0 spiro atoms. The lowest BCUT2D eigenvalue weighted by atomic mass is 10.1. The van der Waals surface area contributed by atoms with Crippen LogP contribution in [0, 0.1) is 0 Å². The summed E-state index contributed by atoms with van der Waals surface area (Å²) in [5, 5.41) is 5.82. The molecular weight excluding hydrogens is 312 g/mol. The molecule has 0 heterocycles. The van der Waals surface area contributed by atoms with Crippen LogP contribution in [0.4, 0.5) is 4.79 Å². The zero-order chi connectivity index (χ0) is 17.3. The monoisotopic (exact) mass is 338 g/mol. The number of amides is 2. The minimum Gasteiger partial charge on any atom is -0.490 e. The van der Waals surface area contributed by atoms with Gasteiger partial charge in [0, 0.05) is 18.7 Å². The highest BCUT2D eigenvalue weighted by Gasteiger charge is 2.17. The van der Waals surface area contributed by atoms with Gasteiger partial charge < -0.3 is 15.4 Å². The molecule has 2 aromatic rings. The van der Waals surface area contributed by atoms with E-state index >= 15 is 0 Å². The number of hydrogen-bond donors (Lipinski definition) is 2. The summed E-state index contributed by atoms with van der Waals surface area (Å²) in [6.45, 7) is 1.09. The fourth-order valence-electron chi connectivity index (χ4n) is 3.15. The minimum atomic E-state index is -0.147. The van der Waals surface area contributed by atoms with Crippen molar-refractivity contribution in [2.24, 2.45) is 0 Å². The number of hydrogen-bond acceptors (Lipinski definition) is 2. The molecule has 0 aliphatic heterocycles. The van der Waals surface area contributed by atoms with Gasteiger partial charge in [-0.05, 0) is 43.7 Å². The van der Waals surface area contributed by atoms with E-state index in [1.54, 1.807) is 0 Å². The second-order valence-electron chi connectivity index (χ2n) is 6.48. The smallest absolute Gasteiger partial charge is 0.315 e. The molecule has 2 N–H and O–H groups in total. The molecule has 1 aliphatic carbocycles. The van der Waals surface area contributed by atoms with Crippen LogP contribution in [-0.4, -0.2) is 18.7 Å². The zero-order valence-corrected chi connectivity index (χ0v) is 14.5. The standard InChI is InChI=1S/C21H26N2O2/c24-21(22-15-14-17-8-2-1-3-9-17)23-16-18-10-4-7-13-20(18)25-19-11-5-6-12-19/h1-4,7-10,13,19H,5-6,11-12,14-16H2,(H2,22,23,24). The molecule has 1 aliphatic rings. The molecule has 2 aromatic carbocycles. The van der Waals surface area contributed by atoms with Crippen LogP contribution < -0.4 is 15.4 Å². The topological polar surface area (TPSA) is 50.4 Å². The molecule has 1 fully saturated rings. The van der Waals surface area contributed by atoms with E-state index in [0.717, 1.165) is 30.6 Å². The number of rotatable bonds is 7. The van der Waals surface area contributed by atoms with Gasteiger partial charge in [-0.2, -0.15) is 0 Å². The van der Waals surface area contributed by atoms with Gasteiger partial charge in [0.2, 0.25) is 0 Å². The van der Waals surface area contributed by atoms with E-state index < -0.39 is 0 Å². The van der Waals surface area contributed by atoms with Gasteiger partial charge in [0.25, 0.3) is 0 Å². The van der Waals surface area contributed by atoms with Crippen LogP contribution in [0.1, 0.15) is 36.8 Å². The van der Waals surface area contributed by atoms with Crippen LogP contribution >= 0.6 is 0 Å². The van der Waals surface area contributed by atoms with E-state index in [1.807, 2.05) is 42.5 Å². The summed E-state index contributed by atoms with van der Waals surface area (Å²) in [5.41, 5.74) is 2.24. The molecule has 3 rings (SSSR count). The first-order chi connectivity index (χ1) is 12.3. The van der Waals surface area contributed by atoms with E-state index in [-0.39, 0.29) is 6.03 Å². The van der Waals surface area contributed by atoms with E-state index in [4.69, 9.17) is 4.74 Å². The first-order valence-corrected chi connectivity index (χ1v) is 9.11. The van der Waals surface area contributed by atoms with Gasteiger partial charge in [0.1, 0.15) is 5.75 Å². The Hall–Kier alpha value is -2.49. The molecule has 132 valence electrons. The maximum Gasteiger partial charge on any atom is 0.315 e. The second-order valence-corrected chi connectivity index (χ2v) is 6.48. The Morgan fingerprint density at radius 3 is 2.48 bits per heavy atom. The Bertz CT molecular complexity index is 667. The van der Waals surface area contributed by atoms with Crippen LogP contribution in [0.2, 0.25) is 0 Å². The third kappa shape index (κ3) is 5.52. The number of urea groups is 1. The Morgan fingerprint density at radius 2 is 1.68 bits per heavy atom. The number of benzene rings is 2. The number of para-hydroxylation sites is 1. The number of carbonyl (C=O) groups is 1. The van der Waals surface area contributed by atoms with Gasteiger partial charge in [-0.3, -0.25) is 0 Å². The lowest BCUT2D eigenvalue weighted by Crippen LogP contribution is -2.36. The summed E-state index contributed by atoms with van der Waals surface area (Å²) < 4.78 is 6.11. The predicted molar refractivity (Wildman–Crippen MR) is 99.7 cm³/mol. The average Bonchev–Trinajstić information content (AvgIpc) is 3.15. The van der Waals surface area contributed by atoms with Crippen molar-refractivity contribution in [2.75, 3.05) is 6.54 Å².